The number of carbonyl (C=O) groups is 3. The van der Waals surface area contributed by atoms with E-state index in [9.17, 15) is 14.4 Å². The van der Waals surface area contributed by atoms with Crippen molar-refractivity contribution in [2.45, 2.75) is 168 Å². The minimum absolute atomic E-state index is 0.136. The molecule has 0 saturated heterocycles. The molecule has 0 spiro atoms. The molecule has 6 heteroatoms. The third-order valence-corrected chi connectivity index (χ3v) is 8.63. The molecule has 6 nitrogen and oxygen atoms in total. The van der Waals surface area contributed by atoms with Gasteiger partial charge in [-0.1, -0.05) is 187 Å². The molecule has 0 aliphatic carbocycles. The van der Waals surface area contributed by atoms with Crippen molar-refractivity contribution < 1.29 is 28.6 Å². The maximum atomic E-state index is 12.7. The number of ether oxygens (including phenoxy) is 3. The fraction of sp³-hybridized carbons (Fsp3) is 0.549. The SMILES string of the molecule is CC/C=C/C=C/C=C/C=C/CCCCCC(=O)OCC(COC(=O)CC/C=C/C/C=C/CCCCCCCC)OC(=O)CCCCC/C=C/C=C/C=C/C=C/CC. The van der Waals surface area contributed by atoms with Crippen molar-refractivity contribution in [3.63, 3.8) is 0 Å². The van der Waals surface area contributed by atoms with Crippen LogP contribution in [0.25, 0.3) is 0 Å². The highest BCUT2D eigenvalue weighted by Gasteiger charge is 2.19. The lowest BCUT2D eigenvalue weighted by molar-refractivity contribution is -0.166. The highest BCUT2D eigenvalue weighted by Crippen LogP contribution is 2.10. The second kappa shape index (κ2) is 44.5. The Labute approximate surface area is 348 Å². The van der Waals surface area contributed by atoms with Crippen molar-refractivity contribution in [2.24, 2.45) is 0 Å². The standard InChI is InChI=1S/C51H78O6/c1-4-7-10-13-16-19-22-25-28-31-34-37-40-43-49(52)55-46-48(57-51(54)45-42-39-36-33-30-27-24-21-18-15-12-9-6-3)47-56-50(53)44-41-38-35-32-29-26-23-20-17-14-11-8-5-2/h7,9-10,12-13,15-16,18-19,21-22,24-30,35,38,48H,4-6,8,11,14,17,20,23,31-34,36-37,39-47H2,1-3H3/b10-7+,12-9+,16-13+,18-15+,22-19+,24-21+,28-25+,29-26+,30-27+,38-35+. The van der Waals surface area contributed by atoms with E-state index in [1.54, 1.807) is 0 Å². The molecular weight excluding hydrogens is 709 g/mol. The van der Waals surface area contributed by atoms with Gasteiger partial charge in [0.05, 0.1) is 0 Å². The summed E-state index contributed by atoms with van der Waals surface area (Å²) in [5.41, 5.74) is 0. The number of allylic oxidation sites excluding steroid dienone is 20. The van der Waals surface area contributed by atoms with Gasteiger partial charge in [0.2, 0.25) is 0 Å². The lowest BCUT2D eigenvalue weighted by Gasteiger charge is -2.18. The van der Waals surface area contributed by atoms with E-state index in [2.05, 4.69) is 63.3 Å². The Morgan fingerprint density at radius 3 is 1.32 bits per heavy atom. The molecule has 318 valence electrons. The van der Waals surface area contributed by atoms with Crippen LogP contribution in [0.2, 0.25) is 0 Å². The number of rotatable bonds is 37. The van der Waals surface area contributed by atoms with Crippen LogP contribution >= 0.6 is 0 Å². The Morgan fingerprint density at radius 2 is 0.789 bits per heavy atom. The molecule has 1 atom stereocenters. The molecule has 0 aliphatic heterocycles. The van der Waals surface area contributed by atoms with Crippen LogP contribution in [-0.2, 0) is 28.6 Å². The molecular formula is C51H78O6. The molecule has 0 fully saturated rings. The number of unbranched alkanes of at least 4 members (excludes halogenated alkanes) is 12. The zero-order valence-corrected chi connectivity index (χ0v) is 36.0. The van der Waals surface area contributed by atoms with Gasteiger partial charge in [0, 0.05) is 19.3 Å². The summed E-state index contributed by atoms with van der Waals surface area (Å²) in [6.07, 6.45) is 60.5. The van der Waals surface area contributed by atoms with Crippen LogP contribution in [0.5, 0.6) is 0 Å². The molecule has 0 radical (unpaired) electrons. The first-order valence-electron chi connectivity index (χ1n) is 22.1. The van der Waals surface area contributed by atoms with E-state index in [0.717, 1.165) is 70.6 Å². The molecule has 0 aliphatic rings. The molecule has 57 heavy (non-hydrogen) atoms. The van der Waals surface area contributed by atoms with Crippen LogP contribution in [0.1, 0.15) is 162 Å². The molecule has 0 aromatic carbocycles. The molecule has 0 rings (SSSR count). The Morgan fingerprint density at radius 1 is 0.386 bits per heavy atom. The van der Waals surface area contributed by atoms with E-state index in [4.69, 9.17) is 14.2 Å². The van der Waals surface area contributed by atoms with Crippen molar-refractivity contribution in [3.8, 4) is 0 Å². The van der Waals surface area contributed by atoms with E-state index in [1.807, 2.05) is 79.0 Å². The van der Waals surface area contributed by atoms with Gasteiger partial charge >= 0.3 is 17.9 Å². The van der Waals surface area contributed by atoms with E-state index in [-0.39, 0.29) is 50.4 Å². The first-order chi connectivity index (χ1) is 28.0. The molecule has 0 aromatic rings. The van der Waals surface area contributed by atoms with E-state index in [0.29, 0.717) is 12.8 Å². The van der Waals surface area contributed by atoms with Crippen molar-refractivity contribution in [1.29, 1.82) is 0 Å². The minimum Gasteiger partial charge on any atom is -0.462 e. The average Bonchev–Trinajstić information content (AvgIpc) is 3.21. The average molecular weight is 787 g/mol. The summed E-state index contributed by atoms with van der Waals surface area (Å²) in [6, 6.07) is 0. The Hall–Kier alpha value is -4.19. The smallest absolute Gasteiger partial charge is 0.306 e. The quantitative estimate of drug-likeness (QED) is 0.0205. The summed E-state index contributed by atoms with van der Waals surface area (Å²) in [5.74, 6) is -1.10. The van der Waals surface area contributed by atoms with Crippen molar-refractivity contribution in [3.05, 3.63) is 122 Å². The Balaban J connectivity index is 4.63. The largest absolute Gasteiger partial charge is 0.462 e. The van der Waals surface area contributed by atoms with Crippen LogP contribution in [0, 0.1) is 0 Å². The van der Waals surface area contributed by atoms with Gasteiger partial charge in [0.25, 0.3) is 0 Å². The Bertz CT molecular complexity index is 1270. The summed E-state index contributed by atoms with van der Waals surface area (Å²) in [4.78, 5) is 37.7. The van der Waals surface area contributed by atoms with E-state index in [1.165, 1.54) is 38.5 Å². The lowest BCUT2D eigenvalue weighted by Crippen LogP contribution is -2.30. The van der Waals surface area contributed by atoms with E-state index < -0.39 is 6.10 Å². The summed E-state index contributed by atoms with van der Waals surface area (Å²) in [5, 5.41) is 0. The molecule has 1 unspecified atom stereocenters. The van der Waals surface area contributed by atoms with Crippen molar-refractivity contribution in [1.82, 2.24) is 0 Å². The third-order valence-electron chi connectivity index (χ3n) is 8.63. The zero-order chi connectivity index (χ0) is 41.5. The maximum absolute atomic E-state index is 12.7. The summed E-state index contributed by atoms with van der Waals surface area (Å²) in [6.45, 7) is 6.18. The van der Waals surface area contributed by atoms with Gasteiger partial charge in [-0.25, -0.2) is 0 Å². The fourth-order valence-corrected chi connectivity index (χ4v) is 5.34. The summed E-state index contributed by atoms with van der Waals surface area (Å²) in [7, 11) is 0. The molecule has 0 heterocycles. The number of hydrogen-bond donors (Lipinski definition) is 0. The van der Waals surface area contributed by atoms with E-state index >= 15 is 0 Å². The van der Waals surface area contributed by atoms with Gasteiger partial charge in [-0.15, -0.1) is 0 Å². The second-order valence-electron chi connectivity index (χ2n) is 14.0. The Kier molecular flexibility index (Phi) is 41.3. The number of carbonyl (C=O) groups excluding carboxylic acids is 3. The van der Waals surface area contributed by atoms with Crippen LogP contribution < -0.4 is 0 Å². The molecule has 0 amide bonds. The number of hydrogen-bond acceptors (Lipinski definition) is 6. The minimum atomic E-state index is -0.838. The van der Waals surface area contributed by atoms with Gasteiger partial charge in [-0.05, 0) is 77.0 Å². The van der Waals surface area contributed by atoms with Gasteiger partial charge in [-0.2, -0.15) is 0 Å². The number of esters is 3. The van der Waals surface area contributed by atoms with Gasteiger partial charge in [0.1, 0.15) is 13.2 Å². The molecule has 0 saturated carbocycles. The van der Waals surface area contributed by atoms with Crippen molar-refractivity contribution >= 4 is 17.9 Å². The van der Waals surface area contributed by atoms with Gasteiger partial charge in [0.15, 0.2) is 6.10 Å². The van der Waals surface area contributed by atoms with Gasteiger partial charge in [-0.3, -0.25) is 14.4 Å². The normalized spacial score (nSPS) is 13.2. The first-order valence-corrected chi connectivity index (χ1v) is 22.1. The van der Waals surface area contributed by atoms with Crippen LogP contribution in [-0.4, -0.2) is 37.2 Å². The fourth-order valence-electron chi connectivity index (χ4n) is 5.34. The first kappa shape index (κ1) is 52.8. The molecule has 0 N–H and O–H groups in total. The lowest BCUT2D eigenvalue weighted by atomic mass is 10.1. The van der Waals surface area contributed by atoms with Crippen LogP contribution in [0.3, 0.4) is 0 Å². The highest BCUT2D eigenvalue weighted by atomic mass is 16.6. The molecule has 0 bridgehead atoms. The monoisotopic (exact) mass is 787 g/mol. The maximum Gasteiger partial charge on any atom is 0.306 e. The third kappa shape index (κ3) is 42.8. The van der Waals surface area contributed by atoms with Crippen molar-refractivity contribution in [2.75, 3.05) is 13.2 Å². The summed E-state index contributed by atoms with van der Waals surface area (Å²) >= 11 is 0. The summed E-state index contributed by atoms with van der Waals surface area (Å²) < 4.78 is 16.6. The second-order valence-corrected chi connectivity index (χ2v) is 14.0. The van der Waals surface area contributed by atoms with Gasteiger partial charge < -0.3 is 14.2 Å². The molecule has 0 aromatic heterocycles. The zero-order valence-electron chi connectivity index (χ0n) is 36.0. The predicted molar refractivity (Wildman–Crippen MR) is 242 cm³/mol. The highest BCUT2D eigenvalue weighted by molar-refractivity contribution is 5.71. The van der Waals surface area contributed by atoms with Crippen LogP contribution in [0.4, 0.5) is 0 Å². The topological polar surface area (TPSA) is 78.9 Å². The predicted octanol–water partition coefficient (Wildman–Crippen LogP) is 14.2. The van der Waals surface area contributed by atoms with Crippen LogP contribution in [0.15, 0.2) is 122 Å².